The number of hydrogen-bond donors (Lipinski definition) is 0. The summed E-state index contributed by atoms with van der Waals surface area (Å²) in [6.45, 7) is 4.65. The Morgan fingerprint density at radius 3 is 1.95 bits per heavy atom. The highest BCUT2D eigenvalue weighted by molar-refractivity contribution is 5.88. The first-order chi connectivity index (χ1) is 18.3. The second kappa shape index (κ2) is 10.2. The molecule has 0 amide bonds. The van der Waals surface area contributed by atoms with E-state index in [0.717, 1.165) is 32.1 Å². The maximum Gasteiger partial charge on any atom is -0.00296 e. The van der Waals surface area contributed by atoms with Crippen LogP contribution < -0.4 is 10.4 Å². The number of allylic oxidation sites excluding steroid dienone is 4. The SMILES string of the molecule is CCCc1c(CCC)c2c(c(C3=CC=CC3)c1=C(c1ccccc1)c1ccccc1)C=c1ccccc1=2. The minimum Gasteiger partial charge on any atom is -0.0801 e. The van der Waals surface area contributed by atoms with Gasteiger partial charge < -0.3 is 0 Å². The van der Waals surface area contributed by atoms with Crippen molar-refractivity contribution in [2.24, 2.45) is 0 Å². The van der Waals surface area contributed by atoms with Gasteiger partial charge in [-0.15, -0.1) is 0 Å². The molecule has 0 saturated heterocycles. The molecule has 4 aromatic carbocycles. The minimum atomic E-state index is 0.985. The molecule has 6 rings (SSSR count). The fourth-order valence-corrected chi connectivity index (χ4v) is 6.29. The second-order valence-corrected chi connectivity index (χ2v) is 10.2. The summed E-state index contributed by atoms with van der Waals surface area (Å²) < 4.78 is 0. The monoisotopic (exact) mass is 478 g/mol. The van der Waals surface area contributed by atoms with E-state index in [-0.39, 0.29) is 0 Å². The van der Waals surface area contributed by atoms with Gasteiger partial charge in [0.15, 0.2) is 0 Å². The molecule has 0 nitrogen and oxygen atoms in total. The van der Waals surface area contributed by atoms with Crippen molar-refractivity contribution < 1.29 is 0 Å². The molecule has 2 aliphatic carbocycles. The van der Waals surface area contributed by atoms with E-state index in [1.54, 1.807) is 11.1 Å². The molecule has 0 bridgehead atoms. The first-order valence-corrected chi connectivity index (χ1v) is 13.8. The largest absolute Gasteiger partial charge is 0.0801 e. The summed E-state index contributed by atoms with van der Waals surface area (Å²) in [7, 11) is 0. The molecule has 182 valence electrons. The van der Waals surface area contributed by atoms with Crippen LogP contribution in [-0.2, 0) is 12.8 Å². The lowest BCUT2D eigenvalue weighted by Gasteiger charge is -2.22. The van der Waals surface area contributed by atoms with Gasteiger partial charge in [0.1, 0.15) is 0 Å². The summed E-state index contributed by atoms with van der Waals surface area (Å²) in [4.78, 5) is 0. The van der Waals surface area contributed by atoms with E-state index >= 15 is 0 Å². The third-order valence-electron chi connectivity index (χ3n) is 7.75. The van der Waals surface area contributed by atoms with Crippen molar-refractivity contribution in [3.63, 3.8) is 0 Å². The number of fused-ring (bicyclic) bond motifs is 2. The van der Waals surface area contributed by atoms with Crippen LogP contribution in [0.3, 0.4) is 0 Å². The Balaban J connectivity index is 1.93. The lowest BCUT2D eigenvalue weighted by Crippen LogP contribution is -2.24. The third-order valence-corrected chi connectivity index (χ3v) is 7.75. The molecule has 2 aliphatic rings. The Morgan fingerprint density at radius 1 is 0.703 bits per heavy atom. The Bertz CT molecular complexity index is 1690. The van der Waals surface area contributed by atoms with Gasteiger partial charge in [-0.3, -0.25) is 0 Å². The van der Waals surface area contributed by atoms with Crippen molar-refractivity contribution in [3.8, 4) is 0 Å². The highest BCUT2D eigenvalue weighted by atomic mass is 14.3. The summed E-state index contributed by atoms with van der Waals surface area (Å²) >= 11 is 0. The van der Waals surface area contributed by atoms with E-state index in [0.29, 0.717) is 0 Å². The van der Waals surface area contributed by atoms with Crippen LogP contribution in [0.4, 0.5) is 0 Å². The van der Waals surface area contributed by atoms with Crippen LogP contribution in [0, 0.1) is 10.4 Å². The van der Waals surface area contributed by atoms with Crippen LogP contribution in [0.25, 0.3) is 17.2 Å². The standard InChI is InChI=1S/C37H34/c1-3-15-31-32(16-4-2)37(34(26-17-7-5-8-18-26)27-19-9-6-10-20-27)35(28-21-11-12-22-28)33-25-29-23-13-14-24-30(29)36(31)33/h5-14,17-21,23-25H,3-4,15-16,22H2,1-2H3. The second-order valence-electron chi connectivity index (χ2n) is 10.2. The molecule has 37 heavy (non-hydrogen) atoms. The number of hydrogen-bond acceptors (Lipinski definition) is 0. The van der Waals surface area contributed by atoms with E-state index < -0.39 is 0 Å². The zero-order chi connectivity index (χ0) is 25.2. The Labute approximate surface area is 220 Å². The van der Waals surface area contributed by atoms with Crippen LogP contribution in [-0.4, -0.2) is 0 Å². The maximum atomic E-state index is 2.46. The molecule has 0 saturated carbocycles. The molecule has 0 aromatic heterocycles. The highest BCUT2D eigenvalue weighted by Crippen LogP contribution is 2.33. The molecule has 0 unspecified atom stereocenters. The molecule has 0 heterocycles. The first kappa shape index (κ1) is 23.5. The zero-order valence-electron chi connectivity index (χ0n) is 21.9. The molecule has 0 aliphatic heterocycles. The van der Waals surface area contributed by atoms with Gasteiger partial charge in [0.2, 0.25) is 0 Å². The van der Waals surface area contributed by atoms with Crippen molar-refractivity contribution in [2.75, 3.05) is 0 Å². The lowest BCUT2D eigenvalue weighted by atomic mass is 9.81. The van der Waals surface area contributed by atoms with Gasteiger partial charge in [-0.2, -0.15) is 0 Å². The molecular weight excluding hydrogens is 444 g/mol. The van der Waals surface area contributed by atoms with Crippen molar-refractivity contribution >= 4 is 17.2 Å². The average Bonchev–Trinajstić information content (AvgIpc) is 3.60. The number of benzene rings is 4. The molecule has 4 aromatic rings. The quantitative estimate of drug-likeness (QED) is 0.226. The van der Waals surface area contributed by atoms with Crippen LogP contribution in [0.5, 0.6) is 0 Å². The van der Waals surface area contributed by atoms with Crippen LogP contribution in [0.2, 0.25) is 0 Å². The average molecular weight is 479 g/mol. The van der Waals surface area contributed by atoms with Crippen molar-refractivity contribution in [1.29, 1.82) is 0 Å². The molecular formula is C37H34. The van der Waals surface area contributed by atoms with Gasteiger partial charge in [-0.05, 0) is 90.7 Å². The molecule has 0 heteroatoms. The molecule has 0 spiro atoms. The molecule has 0 fully saturated rings. The van der Waals surface area contributed by atoms with Gasteiger partial charge in [-0.25, -0.2) is 0 Å². The van der Waals surface area contributed by atoms with Gasteiger partial charge in [-0.1, -0.05) is 130 Å². The minimum absolute atomic E-state index is 0.985. The Hall–Kier alpha value is -3.90. The fraction of sp³-hybridized carbons (Fsp3) is 0.189. The van der Waals surface area contributed by atoms with Crippen molar-refractivity contribution in [1.82, 2.24) is 0 Å². The maximum absolute atomic E-state index is 2.46. The van der Waals surface area contributed by atoms with E-state index in [2.05, 4.69) is 123 Å². The summed E-state index contributed by atoms with van der Waals surface area (Å²) in [5.74, 6) is 0. The van der Waals surface area contributed by atoms with Gasteiger partial charge in [0.25, 0.3) is 0 Å². The summed E-state index contributed by atoms with van der Waals surface area (Å²) in [6, 6.07) is 31.1. The topological polar surface area (TPSA) is 0 Å². The summed E-state index contributed by atoms with van der Waals surface area (Å²) in [6.07, 6.45) is 14.8. The fourth-order valence-electron chi connectivity index (χ4n) is 6.29. The van der Waals surface area contributed by atoms with Gasteiger partial charge >= 0.3 is 0 Å². The smallest absolute Gasteiger partial charge is 0.00296 e. The van der Waals surface area contributed by atoms with Gasteiger partial charge in [0.05, 0.1) is 0 Å². The molecule has 0 radical (unpaired) electrons. The molecule has 0 atom stereocenters. The summed E-state index contributed by atoms with van der Waals surface area (Å²) in [5, 5.41) is 5.68. The first-order valence-electron chi connectivity index (χ1n) is 13.8. The predicted molar refractivity (Wildman–Crippen MR) is 158 cm³/mol. The number of rotatable bonds is 7. The highest BCUT2D eigenvalue weighted by Gasteiger charge is 2.23. The van der Waals surface area contributed by atoms with Crippen molar-refractivity contribution in [3.05, 3.63) is 157 Å². The third kappa shape index (κ3) is 4.11. The van der Waals surface area contributed by atoms with E-state index in [9.17, 15) is 0 Å². The lowest BCUT2D eigenvalue weighted by molar-refractivity contribution is 0.848. The Kier molecular flexibility index (Phi) is 6.49. The molecule has 0 N–H and O–H groups in total. The van der Waals surface area contributed by atoms with Crippen molar-refractivity contribution in [2.45, 2.75) is 46.0 Å². The van der Waals surface area contributed by atoms with E-state index in [1.165, 1.54) is 54.3 Å². The summed E-state index contributed by atoms with van der Waals surface area (Å²) in [5.41, 5.74) is 11.3. The normalized spacial score (nSPS) is 13.2. The van der Waals surface area contributed by atoms with Crippen LogP contribution in [0.15, 0.2) is 103 Å². The van der Waals surface area contributed by atoms with E-state index in [4.69, 9.17) is 0 Å². The Morgan fingerprint density at radius 2 is 1.32 bits per heavy atom. The van der Waals surface area contributed by atoms with Crippen LogP contribution in [0.1, 0.15) is 66.5 Å². The van der Waals surface area contributed by atoms with E-state index in [1.807, 2.05) is 0 Å². The zero-order valence-corrected chi connectivity index (χ0v) is 21.9. The van der Waals surface area contributed by atoms with Gasteiger partial charge in [0, 0.05) is 0 Å². The predicted octanol–water partition coefficient (Wildman–Crippen LogP) is 7.61. The van der Waals surface area contributed by atoms with Crippen LogP contribution >= 0.6 is 0 Å².